The predicted molar refractivity (Wildman–Crippen MR) is 123 cm³/mol. The zero-order chi connectivity index (χ0) is 22.7. The molecule has 0 saturated heterocycles. The van der Waals surface area contributed by atoms with Crippen LogP contribution in [0.25, 0.3) is 22.4 Å². The molecule has 7 nitrogen and oxygen atoms in total. The Labute approximate surface area is 185 Å². The molecule has 2 heterocycles. The first-order chi connectivity index (χ1) is 15.4. The molecule has 32 heavy (non-hydrogen) atoms. The molecule has 4 rings (SSSR count). The molecule has 7 heteroatoms. The summed E-state index contributed by atoms with van der Waals surface area (Å²) in [7, 11) is 0. The molecule has 0 fully saturated rings. The zero-order valence-corrected chi connectivity index (χ0v) is 18.2. The van der Waals surface area contributed by atoms with Gasteiger partial charge >= 0.3 is 5.97 Å². The SMILES string of the molecule is CCC(OC(=O)c1ccc2nc(-c3ccc(C)cc3)[nH]c2c1)C(=O)Nc1cc(C)ccn1. The molecule has 162 valence electrons. The lowest BCUT2D eigenvalue weighted by Crippen LogP contribution is -2.32. The van der Waals surface area contributed by atoms with Gasteiger partial charge in [0.2, 0.25) is 0 Å². The van der Waals surface area contributed by atoms with Gasteiger partial charge in [-0.3, -0.25) is 4.79 Å². The topological polar surface area (TPSA) is 97.0 Å². The maximum absolute atomic E-state index is 12.7. The Bertz CT molecular complexity index is 1280. The lowest BCUT2D eigenvalue weighted by molar-refractivity contribution is -0.124. The standard InChI is InChI=1S/C25H24N4O3/c1-4-21(24(30)29-22-13-16(3)11-12-26-22)32-25(31)18-9-10-19-20(14-18)28-23(27-19)17-7-5-15(2)6-8-17/h5-14,21H,4H2,1-3H3,(H,27,28)(H,26,29,30). The van der Waals surface area contributed by atoms with Crippen LogP contribution in [0.15, 0.2) is 60.8 Å². The van der Waals surface area contributed by atoms with E-state index in [2.05, 4.69) is 20.3 Å². The molecule has 4 aromatic rings. The number of rotatable bonds is 6. The van der Waals surface area contributed by atoms with Crippen LogP contribution in [0.4, 0.5) is 5.82 Å². The van der Waals surface area contributed by atoms with E-state index in [1.54, 1.807) is 37.4 Å². The van der Waals surface area contributed by atoms with Crippen LogP contribution in [0.1, 0.15) is 34.8 Å². The van der Waals surface area contributed by atoms with Crippen LogP contribution in [-0.4, -0.2) is 32.9 Å². The van der Waals surface area contributed by atoms with Gasteiger partial charge in [0.05, 0.1) is 16.6 Å². The number of hydrogen-bond acceptors (Lipinski definition) is 5. The third-order valence-electron chi connectivity index (χ3n) is 5.12. The van der Waals surface area contributed by atoms with Gasteiger partial charge in [0.15, 0.2) is 6.10 Å². The molecule has 0 spiro atoms. The second-order valence-electron chi connectivity index (χ2n) is 7.69. The largest absolute Gasteiger partial charge is 0.449 e. The average molecular weight is 428 g/mol. The Hall–Kier alpha value is -4.00. The number of carbonyl (C=O) groups is 2. The summed E-state index contributed by atoms with van der Waals surface area (Å²) in [5.41, 5.74) is 4.91. The summed E-state index contributed by atoms with van der Waals surface area (Å²) in [5.74, 6) is 0.162. The number of aromatic nitrogens is 3. The fraction of sp³-hybridized carbons (Fsp3) is 0.200. The van der Waals surface area contributed by atoms with Crippen molar-refractivity contribution in [3.05, 3.63) is 77.5 Å². The minimum atomic E-state index is -0.926. The van der Waals surface area contributed by atoms with Crippen molar-refractivity contribution in [1.82, 2.24) is 15.0 Å². The average Bonchev–Trinajstić information content (AvgIpc) is 3.21. The Balaban J connectivity index is 1.49. The van der Waals surface area contributed by atoms with Crippen molar-refractivity contribution in [2.24, 2.45) is 0 Å². The maximum atomic E-state index is 12.7. The number of imidazole rings is 1. The summed E-state index contributed by atoms with van der Waals surface area (Å²) >= 11 is 0. The summed E-state index contributed by atoms with van der Waals surface area (Å²) in [5, 5.41) is 2.70. The Morgan fingerprint density at radius 1 is 1.03 bits per heavy atom. The van der Waals surface area contributed by atoms with E-state index in [0.29, 0.717) is 17.8 Å². The molecule has 0 aliphatic heterocycles. The van der Waals surface area contributed by atoms with E-state index < -0.39 is 18.0 Å². The van der Waals surface area contributed by atoms with Gasteiger partial charge in [-0.05, 0) is 56.2 Å². The van der Waals surface area contributed by atoms with Gasteiger partial charge < -0.3 is 15.0 Å². The predicted octanol–water partition coefficient (Wildman–Crippen LogP) is 4.82. The van der Waals surface area contributed by atoms with Gasteiger partial charge in [0.1, 0.15) is 11.6 Å². The van der Waals surface area contributed by atoms with Crippen molar-refractivity contribution >= 4 is 28.7 Å². The first-order valence-corrected chi connectivity index (χ1v) is 10.4. The fourth-order valence-corrected chi connectivity index (χ4v) is 3.32. The molecule has 2 N–H and O–H groups in total. The highest BCUT2D eigenvalue weighted by Crippen LogP contribution is 2.22. The molecular weight excluding hydrogens is 404 g/mol. The maximum Gasteiger partial charge on any atom is 0.338 e. The van der Waals surface area contributed by atoms with Crippen LogP contribution in [0.2, 0.25) is 0 Å². The number of esters is 1. The number of benzene rings is 2. The van der Waals surface area contributed by atoms with Gasteiger partial charge in [0, 0.05) is 11.8 Å². The van der Waals surface area contributed by atoms with Crippen LogP contribution in [0.3, 0.4) is 0 Å². The monoisotopic (exact) mass is 428 g/mol. The lowest BCUT2D eigenvalue weighted by atomic mass is 10.1. The number of nitrogens with one attached hydrogen (secondary N) is 2. The van der Waals surface area contributed by atoms with Gasteiger partial charge in [0.25, 0.3) is 5.91 Å². The first-order valence-electron chi connectivity index (χ1n) is 10.4. The minimum Gasteiger partial charge on any atom is -0.449 e. The molecule has 0 saturated carbocycles. The van der Waals surface area contributed by atoms with Gasteiger partial charge in [-0.1, -0.05) is 36.8 Å². The Morgan fingerprint density at radius 2 is 1.81 bits per heavy atom. The normalized spacial score (nSPS) is 11.8. The minimum absolute atomic E-state index is 0.341. The van der Waals surface area contributed by atoms with Crippen molar-refractivity contribution in [3.8, 4) is 11.4 Å². The van der Waals surface area contributed by atoms with E-state index >= 15 is 0 Å². The van der Waals surface area contributed by atoms with E-state index in [1.807, 2.05) is 44.2 Å². The number of ether oxygens (including phenoxy) is 1. The highest BCUT2D eigenvalue weighted by Gasteiger charge is 2.23. The van der Waals surface area contributed by atoms with E-state index in [-0.39, 0.29) is 0 Å². The number of aromatic amines is 1. The van der Waals surface area contributed by atoms with Crippen LogP contribution in [-0.2, 0) is 9.53 Å². The van der Waals surface area contributed by atoms with Crippen molar-refractivity contribution in [2.75, 3.05) is 5.32 Å². The number of anilines is 1. The number of nitrogens with zero attached hydrogens (tertiary/aromatic N) is 2. The number of pyridine rings is 1. The van der Waals surface area contributed by atoms with Gasteiger partial charge in [-0.25, -0.2) is 14.8 Å². The highest BCUT2D eigenvalue weighted by molar-refractivity contribution is 5.98. The third kappa shape index (κ3) is 4.67. The quantitative estimate of drug-likeness (QED) is 0.429. The highest BCUT2D eigenvalue weighted by atomic mass is 16.5. The number of aryl methyl sites for hydroxylation is 2. The summed E-state index contributed by atoms with van der Waals surface area (Å²) in [6.45, 7) is 5.72. The van der Waals surface area contributed by atoms with Crippen LogP contribution < -0.4 is 5.32 Å². The van der Waals surface area contributed by atoms with Crippen molar-refractivity contribution < 1.29 is 14.3 Å². The van der Waals surface area contributed by atoms with Gasteiger partial charge in [-0.2, -0.15) is 0 Å². The van der Waals surface area contributed by atoms with Crippen molar-refractivity contribution in [1.29, 1.82) is 0 Å². The third-order valence-corrected chi connectivity index (χ3v) is 5.12. The van der Waals surface area contributed by atoms with Crippen molar-refractivity contribution in [2.45, 2.75) is 33.3 Å². The number of amides is 1. The zero-order valence-electron chi connectivity index (χ0n) is 18.2. The summed E-state index contributed by atoms with van der Waals surface area (Å²) in [4.78, 5) is 37.3. The molecule has 0 radical (unpaired) electrons. The lowest BCUT2D eigenvalue weighted by Gasteiger charge is -2.16. The van der Waals surface area contributed by atoms with Gasteiger partial charge in [-0.15, -0.1) is 0 Å². The molecule has 2 aromatic carbocycles. The van der Waals surface area contributed by atoms with E-state index in [4.69, 9.17) is 4.74 Å². The van der Waals surface area contributed by atoms with Crippen LogP contribution in [0, 0.1) is 13.8 Å². The first kappa shape index (κ1) is 21.2. The molecule has 0 bridgehead atoms. The van der Waals surface area contributed by atoms with E-state index in [1.165, 1.54) is 5.56 Å². The number of fused-ring (bicyclic) bond motifs is 1. The number of carbonyl (C=O) groups excluding carboxylic acids is 2. The summed E-state index contributed by atoms with van der Waals surface area (Å²) < 4.78 is 5.49. The second kappa shape index (κ2) is 9.01. The van der Waals surface area contributed by atoms with E-state index in [9.17, 15) is 9.59 Å². The Kier molecular flexibility index (Phi) is 5.98. The number of hydrogen-bond donors (Lipinski definition) is 2. The molecule has 0 aliphatic rings. The molecule has 1 unspecified atom stereocenters. The van der Waals surface area contributed by atoms with Crippen molar-refractivity contribution in [3.63, 3.8) is 0 Å². The molecule has 1 amide bonds. The molecule has 2 aromatic heterocycles. The Morgan fingerprint density at radius 3 is 2.53 bits per heavy atom. The number of H-pyrrole nitrogens is 1. The molecule has 0 aliphatic carbocycles. The molecule has 1 atom stereocenters. The smallest absolute Gasteiger partial charge is 0.338 e. The summed E-state index contributed by atoms with van der Waals surface area (Å²) in [6.07, 6.45) is 1.03. The fourth-order valence-electron chi connectivity index (χ4n) is 3.32. The van der Waals surface area contributed by atoms with Crippen LogP contribution in [0.5, 0.6) is 0 Å². The van der Waals surface area contributed by atoms with Crippen LogP contribution >= 0.6 is 0 Å². The molecular formula is C25H24N4O3. The van der Waals surface area contributed by atoms with E-state index in [0.717, 1.165) is 28.0 Å². The summed E-state index contributed by atoms with van der Waals surface area (Å²) in [6, 6.07) is 16.7. The second-order valence-corrected chi connectivity index (χ2v) is 7.69.